The third kappa shape index (κ3) is 5.64. The van der Waals surface area contributed by atoms with E-state index in [0.717, 1.165) is 31.1 Å². The Bertz CT molecular complexity index is 301. The number of ether oxygens (including phenoxy) is 1. The van der Waals surface area contributed by atoms with Gasteiger partial charge in [-0.15, -0.1) is 0 Å². The molecule has 0 aromatic rings. The summed E-state index contributed by atoms with van der Waals surface area (Å²) >= 11 is 0. The molecule has 0 aromatic heterocycles. The van der Waals surface area contributed by atoms with Crippen molar-refractivity contribution in [1.82, 2.24) is 5.32 Å². The molecule has 0 amide bonds. The number of hydrogen-bond donors (Lipinski definition) is 2. The molecule has 0 aliphatic heterocycles. The lowest BCUT2D eigenvalue weighted by atomic mass is 9.64. The first-order valence-corrected chi connectivity index (χ1v) is 7.46. The Morgan fingerprint density at radius 1 is 1.42 bits per heavy atom. The summed E-state index contributed by atoms with van der Waals surface area (Å²) in [4.78, 5) is 0. The van der Waals surface area contributed by atoms with Crippen LogP contribution >= 0.6 is 0 Å². The SMILES string of the molecule is C=C(C)COCCNC1(CN)CC(C)CC(C)(C)C1. The van der Waals surface area contributed by atoms with Gasteiger partial charge >= 0.3 is 0 Å². The molecular formula is C16H32N2O. The molecule has 1 aliphatic rings. The smallest absolute Gasteiger partial charge is 0.0672 e. The maximum absolute atomic E-state index is 6.07. The summed E-state index contributed by atoms with van der Waals surface area (Å²) in [5, 5.41) is 3.66. The molecule has 0 spiro atoms. The highest BCUT2D eigenvalue weighted by atomic mass is 16.5. The minimum Gasteiger partial charge on any atom is -0.376 e. The van der Waals surface area contributed by atoms with Crippen LogP contribution in [0.3, 0.4) is 0 Å². The van der Waals surface area contributed by atoms with Gasteiger partial charge in [-0.25, -0.2) is 0 Å². The molecule has 3 N–H and O–H groups in total. The molecule has 0 heterocycles. The van der Waals surface area contributed by atoms with Crippen LogP contribution < -0.4 is 11.1 Å². The highest BCUT2D eigenvalue weighted by Gasteiger charge is 2.41. The summed E-state index contributed by atoms with van der Waals surface area (Å²) in [5.41, 5.74) is 7.61. The first kappa shape index (κ1) is 16.7. The van der Waals surface area contributed by atoms with Gasteiger partial charge in [-0.05, 0) is 37.5 Å². The fraction of sp³-hybridized carbons (Fsp3) is 0.875. The summed E-state index contributed by atoms with van der Waals surface area (Å²) in [6.07, 6.45) is 3.62. The summed E-state index contributed by atoms with van der Waals surface area (Å²) in [6, 6.07) is 0. The second kappa shape index (κ2) is 6.87. The van der Waals surface area contributed by atoms with E-state index in [4.69, 9.17) is 10.5 Å². The van der Waals surface area contributed by atoms with Crippen LogP contribution in [0.1, 0.15) is 47.0 Å². The maximum Gasteiger partial charge on any atom is 0.0672 e. The van der Waals surface area contributed by atoms with Gasteiger partial charge in [0.25, 0.3) is 0 Å². The van der Waals surface area contributed by atoms with E-state index < -0.39 is 0 Å². The Labute approximate surface area is 119 Å². The van der Waals surface area contributed by atoms with Crippen molar-refractivity contribution in [2.75, 3.05) is 26.3 Å². The molecule has 3 nitrogen and oxygen atoms in total. The molecule has 1 aliphatic carbocycles. The van der Waals surface area contributed by atoms with Gasteiger partial charge < -0.3 is 15.8 Å². The highest BCUT2D eigenvalue weighted by Crippen LogP contribution is 2.43. The molecular weight excluding hydrogens is 236 g/mol. The fourth-order valence-corrected chi connectivity index (χ4v) is 3.74. The van der Waals surface area contributed by atoms with Crippen molar-refractivity contribution >= 4 is 0 Å². The van der Waals surface area contributed by atoms with E-state index >= 15 is 0 Å². The van der Waals surface area contributed by atoms with Crippen LogP contribution in [0.2, 0.25) is 0 Å². The predicted octanol–water partition coefficient (Wildman–Crippen LogP) is 2.71. The van der Waals surface area contributed by atoms with E-state index in [0.29, 0.717) is 18.6 Å². The van der Waals surface area contributed by atoms with Gasteiger partial charge in [0, 0.05) is 18.6 Å². The van der Waals surface area contributed by atoms with Crippen LogP contribution in [0.15, 0.2) is 12.2 Å². The third-order valence-corrected chi connectivity index (χ3v) is 3.94. The zero-order valence-corrected chi connectivity index (χ0v) is 13.2. The van der Waals surface area contributed by atoms with Crippen LogP contribution in [0.5, 0.6) is 0 Å². The lowest BCUT2D eigenvalue weighted by Gasteiger charge is -2.48. The molecule has 0 aromatic carbocycles. The zero-order chi connectivity index (χ0) is 14.5. The number of hydrogen-bond acceptors (Lipinski definition) is 3. The highest BCUT2D eigenvalue weighted by molar-refractivity contribution is 4.99. The molecule has 19 heavy (non-hydrogen) atoms. The van der Waals surface area contributed by atoms with E-state index in [-0.39, 0.29) is 5.54 Å². The van der Waals surface area contributed by atoms with E-state index in [2.05, 4.69) is 32.7 Å². The molecule has 2 atom stereocenters. The molecule has 1 rings (SSSR count). The van der Waals surface area contributed by atoms with Crippen molar-refractivity contribution in [1.29, 1.82) is 0 Å². The molecule has 1 saturated carbocycles. The third-order valence-electron chi connectivity index (χ3n) is 3.94. The summed E-state index contributed by atoms with van der Waals surface area (Å²) in [6.45, 7) is 15.8. The Balaban J connectivity index is 2.44. The maximum atomic E-state index is 6.07. The predicted molar refractivity (Wildman–Crippen MR) is 82.2 cm³/mol. The molecule has 0 radical (unpaired) electrons. The average molecular weight is 268 g/mol. The molecule has 112 valence electrons. The minimum atomic E-state index is 0.0910. The summed E-state index contributed by atoms with van der Waals surface area (Å²) in [7, 11) is 0. The molecule has 0 saturated heterocycles. The average Bonchev–Trinajstić information content (AvgIpc) is 2.25. The van der Waals surface area contributed by atoms with Crippen LogP contribution in [0.4, 0.5) is 0 Å². The Hall–Kier alpha value is -0.380. The van der Waals surface area contributed by atoms with Crippen LogP contribution in [0, 0.1) is 11.3 Å². The van der Waals surface area contributed by atoms with Crippen molar-refractivity contribution in [3.05, 3.63) is 12.2 Å². The van der Waals surface area contributed by atoms with Crippen molar-refractivity contribution in [3.63, 3.8) is 0 Å². The minimum absolute atomic E-state index is 0.0910. The van der Waals surface area contributed by atoms with E-state index in [1.165, 1.54) is 12.8 Å². The van der Waals surface area contributed by atoms with E-state index in [1.54, 1.807) is 0 Å². The monoisotopic (exact) mass is 268 g/mol. The first-order chi connectivity index (χ1) is 8.79. The van der Waals surface area contributed by atoms with E-state index in [9.17, 15) is 0 Å². The lowest BCUT2D eigenvalue weighted by molar-refractivity contribution is 0.0751. The number of rotatable bonds is 7. The first-order valence-electron chi connectivity index (χ1n) is 7.46. The number of nitrogens with one attached hydrogen (secondary N) is 1. The van der Waals surface area contributed by atoms with Gasteiger partial charge in [0.05, 0.1) is 13.2 Å². The summed E-state index contributed by atoms with van der Waals surface area (Å²) < 4.78 is 5.55. The second-order valence-electron chi connectivity index (χ2n) is 7.28. The largest absolute Gasteiger partial charge is 0.376 e. The normalized spacial score (nSPS) is 30.3. The van der Waals surface area contributed by atoms with Crippen LogP contribution in [-0.2, 0) is 4.74 Å². The van der Waals surface area contributed by atoms with Gasteiger partial charge in [0.1, 0.15) is 0 Å². The van der Waals surface area contributed by atoms with E-state index in [1.807, 2.05) is 6.92 Å². The number of nitrogens with two attached hydrogens (primary N) is 1. The van der Waals surface area contributed by atoms with Gasteiger partial charge in [0.2, 0.25) is 0 Å². The van der Waals surface area contributed by atoms with Gasteiger partial charge in [-0.2, -0.15) is 0 Å². The quantitative estimate of drug-likeness (QED) is 0.551. The molecule has 3 heteroatoms. The van der Waals surface area contributed by atoms with Crippen molar-refractivity contribution in [2.45, 2.75) is 52.5 Å². The fourth-order valence-electron chi connectivity index (χ4n) is 3.74. The van der Waals surface area contributed by atoms with Gasteiger partial charge in [-0.3, -0.25) is 0 Å². The topological polar surface area (TPSA) is 47.3 Å². The Kier molecular flexibility index (Phi) is 6.03. The molecule has 2 unspecified atom stereocenters. The van der Waals surface area contributed by atoms with Crippen LogP contribution in [0.25, 0.3) is 0 Å². The molecule has 1 fully saturated rings. The van der Waals surface area contributed by atoms with Crippen molar-refractivity contribution < 1.29 is 4.74 Å². The van der Waals surface area contributed by atoms with Gasteiger partial charge in [-0.1, -0.05) is 32.9 Å². The zero-order valence-electron chi connectivity index (χ0n) is 13.2. The summed E-state index contributed by atoms with van der Waals surface area (Å²) in [5.74, 6) is 0.733. The Morgan fingerprint density at radius 3 is 2.63 bits per heavy atom. The second-order valence-corrected chi connectivity index (χ2v) is 7.28. The Morgan fingerprint density at radius 2 is 2.11 bits per heavy atom. The van der Waals surface area contributed by atoms with Crippen molar-refractivity contribution in [2.24, 2.45) is 17.1 Å². The standard InChI is InChI=1S/C16H32N2O/c1-13(2)10-19-7-6-18-16(12-17)9-14(3)8-15(4,5)11-16/h14,18H,1,6-12,17H2,2-5H3. The van der Waals surface area contributed by atoms with Gasteiger partial charge in [0.15, 0.2) is 0 Å². The lowest BCUT2D eigenvalue weighted by Crippen LogP contribution is -2.57. The molecule has 0 bridgehead atoms. The van der Waals surface area contributed by atoms with Crippen molar-refractivity contribution in [3.8, 4) is 0 Å². The van der Waals surface area contributed by atoms with Crippen LogP contribution in [-0.4, -0.2) is 31.8 Å².